The van der Waals surface area contributed by atoms with Crippen LogP contribution in [0.25, 0.3) is 0 Å². The summed E-state index contributed by atoms with van der Waals surface area (Å²) in [5.74, 6) is 2.09. The van der Waals surface area contributed by atoms with Crippen LogP contribution in [0.2, 0.25) is 0 Å². The molecule has 1 rings (SSSR count). The molecule has 0 amide bonds. The number of ether oxygens (including phenoxy) is 2. The van der Waals surface area contributed by atoms with Gasteiger partial charge in [-0.2, -0.15) is 0 Å². The van der Waals surface area contributed by atoms with E-state index >= 15 is 0 Å². The second-order valence-corrected chi connectivity index (χ2v) is 6.42. The van der Waals surface area contributed by atoms with Gasteiger partial charge in [-0.1, -0.05) is 39.8 Å². The normalized spacial score (nSPS) is 12.9. The predicted octanol–water partition coefficient (Wildman–Crippen LogP) is 4.04. The number of nitrogens with one attached hydrogen (secondary N) is 1. The predicted molar refractivity (Wildman–Crippen MR) is 88.8 cm³/mol. The highest BCUT2D eigenvalue weighted by Gasteiger charge is 2.05. The summed E-state index contributed by atoms with van der Waals surface area (Å²) in [5, 5.41) is 3.48. The van der Waals surface area contributed by atoms with E-state index in [1.54, 1.807) is 0 Å². The first-order valence-corrected chi connectivity index (χ1v) is 8.03. The number of benzene rings is 1. The summed E-state index contributed by atoms with van der Waals surface area (Å²) < 4.78 is 11.3. The van der Waals surface area contributed by atoms with Gasteiger partial charge < -0.3 is 14.8 Å². The fourth-order valence-electron chi connectivity index (χ4n) is 1.90. The molecule has 0 saturated carbocycles. The Morgan fingerprint density at radius 3 is 2.10 bits per heavy atom. The third-order valence-electron chi connectivity index (χ3n) is 3.11. The van der Waals surface area contributed by atoms with Crippen LogP contribution < -0.4 is 10.1 Å². The van der Waals surface area contributed by atoms with E-state index in [4.69, 9.17) is 9.47 Å². The molecule has 0 aliphatic carbocycles. The van der Waals surface area contributed by atoms with Crippen molar-refractivity contribution in [3.8, 4) is 5.75 Å². The van der Waals surface area contributed by atoms with Crippen molar-refractivity contribution in [2.75, 3.05) is 26.4 Å². The van der Waals surface area contributed by atoms with Crippen molar-refractivity contribution >= 4 is 0 Å². The van der Waals surface area contributed by atoms with Gasteiger partial charge in [-0.3, -0.25) is 0 Å². The van der Waals surface area contributed by atoms with Gasteiger partial charge in [-0.25, -0.2) is 0 Å². The maximum atomic E-state index is 5.70. The van der Waals surface area contributed by atoms with Crippen LogP contribution in [-0.2, 0) is 4.74 Å². The third-order valence-corrected chi connectivity index (χ3v) is 3.11. The first kappa shape index (κ1) is 18.0. The molecule has 3 nitrogen and oxygen atoms in total. The number of rotatable bonds is 10. The van der Waals surface area contributed by atoms with Gasteiger partial charge in [0.15, 0.2) is 0 Å². The van der Waals surface area contributed by atoms with Crippen LogP contribution in [0, 0.1) is 11.8 Å². The van der Waals surface area contributed by atoms with E-state index in [1.807, 2.05) is 12.1 Å². The Morgan fingerprint density at radius 2 is 1.52 bits per heavy atom. The summed E-state index contributed by atoms with van der Waals surface area (Å²) in [6.07, 6.45) is 0. The van der Waals surface area contributed by atoms with E-state index in [9.17, 15) is 0 Å². The summed E-state index contributed by atoms with van der Waals surface area (Å²) in [6, 6.07) is 8.67. The van der Waals surface area contributed by atoms with E-state index in [2.05, 4.69) is 52.1 Å². The summed E-state index contributed by atoms with van der Waals surface area (Å²) >= 11 is 0. The standard InChI is InChI=1S/C18H31NO2/c1-14(2)12-20-11-10-19-16(5)17-6-8-18(9-7-17)21-13-15(3)4/h6-9,14-16,19H,10-13H2,1-5H3. The summed E-state index contributed by atoms with van der Waals surface area (Å²) in [5.41, 5.74) is 1.27. The van der Waals surface area contributed by atoms with E-state index in [0.29, 0.717) is 17.9 Å². The Balaban J connectivity index is 2.29. The van der Waals surface area contributed by atoms with Crippen LogP contribution in [0.1, 0.15) is 46.2 Å². The lowest BCUT2D eigenvalue weighted by Gasteiger charge is -2.16. The maximum Gasteiger partial charge on any atom is 0.119 e. The zero-order valence-corrected chi connectivity index (χ0v) is 14.2. The Labute approximate surface area is 130 Å². The lowest BCUT2D eigenvalue weighted by molar-refractivity contribution is 0.110. The molecule has 21 heavy (non-hydrogen) atoms. The van der Waals surface area contributed by atoms with Crippen LogP contribution in [0.5, 0.6) is 5.75 Å². The fourth-order valence-corrected chi connectivity index (χ4v) is 1.90. The van der Waals surface area contributed by atoms with Crippen molar-refractivity contribution < 1.29 is 9.47 Å². The minimum absolute atomic E-state index is 0.326. The molecule has 0 fully saturated rings. The van der Waals surface area contributed by atoms with E-state index in [0.717, 1.165) is 32.1 Å². The lowest BCUT2D eigenvalue weighted by Crippen LogP contribution is -2.23. The molecule has 0 aliphatic heterocycles. The molecule has 0 saturated heterocycles. The molecule has 0 aliphatic rings. The van der Waals surface area contributed by atoms with Crippen molar-refractivity contribution in [3.63, 3.8) is 0 Å². The van der Waals surface area contributed by atoms with Crippen LogP contribution in [-0.4, -0.2) is 26.4 Å². The van der Waals surface area contributed by atoms with E-state index in [-0.39, 0.29) is 0 Å². The number of hydrogen-bond acceptors (Lipinski definition) is 3. The molecular weight excluding hydrogens is 262 g/mol. The van der Waals surface area contributed by atoms with Gasteiger partial charge in [0, 0.05) is 19.2 Å². The van der Waals surface area contributed by atoms with Crippen LogP contribution >= 0.6 is 0 Å². The second kappa shape index (κ2) is 9.80. The molecule has 0 aromatic heterocycles. The quantitative estimate of drug-likeness (QED) is 0.660. The molecule has 120 valence electrons. The summed E-state index contributed by atoms with van der Waals surface area (Å²) in [7, 11) is 0. The molecule has 1 atom stereocenters. The average molecular weight is 293 g/mol. The van der Waals surface area contributed by atoms with Crippen LogP contribution in [0.4, 0.5) is 0 Å². The molecule has 0 radical (unpaired) electrons. The largest absolute Gasteiger partial charge is 0.493 e. The summed E-state index contributed by atoms with van der Waals surface area (Å²) in [4.78, 5) is 0. The van der Waals surface area contributed by atoms with Crippen LogP contribution in [0.15, 0.2) is 24.3 Å². The van der Waals surface area contributed by atoms with E-state index in [1.165, 1.54) is 5.56 Å². The molecule has 0 heterocycles. The molecular formula is C18H31NO2. The maximum absolute atomic E-state index is 5.70. The highest BCUT2D eigenvalue weighted by atomic mass is 16.5. The second-order valence-electron chi connectivity index (χ2n) is 6.42. The van der Waals surface area contributed by atoms with Gasteiger partial charge in [0.05, 0.1) is 13.2 Å². The fraction of sp³-hybridized carbons (Fsp3) is 0.667. The Kier molecular flexibility index (Phi) is 8.40. The van der Waals surface area contributed by atoms with E-state index < -0.39 is 0 Å². The third kappa shape index (κ3) is 8.08. The molecule has 0 spiro atoms. The van der Waals surface area contributed by atoms with Crippen LogP contribution in [0.3, 0.4) is 0 Å². The van der Waals surface area contributed by atoms with Crippen molar-refractivity contribution in [3.05, 3.63) is 29.8 Å². The first-order valence-electron chi connectivity index (χ1n) is 8.03. The lowest BCUT2D eigenvalue weighted by atomic mass is 10.1. The van der Waals surface area contributed by atoms with Gasteiger partial charge in [-0.15, -0.1) is 0 Å². The minimum atomic E-state index is 0.326. The topological polar surface area (TPSA) is 30.5 Å². The number of hydrogen-bond donors (Lipinski definition) is 1. The zero-order chi connectivity index (χ0) is 15.7. The Morgan fingerprint density at radius 1 is 0.905 bits per heavy atom. The Bertz CT molecular complexity index is 373. The minimum Gasteiger partial charge on any atom is -0.493 e. The van der Waals surface area contributed by atoms with Crippen molar-refractivity contribution in [1.29, 1.82) is 0 Å². The van der Waals surface area contributed by atoms with Crippen molar-refractivity contribution in [2.24, 2.45) is 11.8 Å². The highest BCUT2D eigenvalue weighted by molar-refractivity contribution is 5.28. The van der Waals surface area contributed by atoms with Gasteiger partial charge in [-0.05, 0) is 36.5 Å². The molecule has 1 N–H and O–H groups in total. The van der Waals surface area contributed by atoms with Gasteiger partial charge in [0.1, 0.15) is 5.75 Å². The van der Waals surface area contributed by atoms with Gasteiger partial charge >= 0.3 is 0 Å². The molecule has 1 unspecified atom stereocenters. The molecule has 1 aromatic carbocycles. The van der Waals surface area contributed by atoms with Gasteiger partial charge in [0.2, 0.25) is 0 Å². The average Bonchev–Trinajstić information content (AvgIpc) is 2.44. The summed E-state index contributed by atoms with van der Waals surface area (Å²) in [6.45, 7) is 14.0. The van der Waals surface area contributed by atoms with Gasteiger partial charge in [0.25, 0.3) is 0 Å². The van der Waals surface area contributed by atoms with Crippen molar-refractivity contribution in [2.45, 2.75) is 40.7 Å². The van der Waals surface area contributed by atoms with Crippen molar-refractivity contribution in [1.82, 2.24) is 5.32 Å². The molecule has 0 bridgehead atoms. The molecule has 1 aromatic rings. The smallest absolute Gasteiger partial charge is 0.119 e. The monoisotopic (exact) mass is 293 g/mol. The SMILES string of the molecule is CC(C)COCCNC(C)c1ccc(OCC(C)C)cc1. The first-order chi connectivity index (χ1) is 9.99. The highest BCUT2D eigenvalue weighted by Crippen LogP contribution is 2.18. The molecule has 3 heteroatoms. The Hall–Kier alpha value is -1.06. The zero-order valence-electron chi connectivity index (χ0n) is 14.2.